The summed E-state index contributed by atoms with van der Waals surface area (Å²) in [5.74, 6) is 0.889. The monoisotopic (exact) mass is 205 g/mol. The molecule has 2 heterocycles. The summed E-state index contributed by atoms with van der Waals surface area (Å²) < 4.78 is 0. The van der Waals surface area contributed by atoms with E-state index in [9.17, 15) is 0 Å². The average Bonchev–Trinajstić information content (AvgIpc) is 2.61. The highest BCUT2D eigenvalue weighted by Gasteiger charge is 2.23. The van der Waals surface area contributed by atoms with Crippen molar-refractivity contribution in [2.75, 3.05) is 6.54 Å². The first-order valence-corrected chi connectivity index (χ1v) is 5.04. The Labute approximate surface area is 88.4 Å². The maximum absolute atomic E-state index is 4.43. The molecule has 0 aliphatic rings. The molecule has 2 aromatic heterocycles. The van der Waals surface area contributed by atoms with Gasteiger partial charge in [0.1, 0.15) is 17.7 Å². The lowest BCUT2D eigenvalue weighted by atomic mass is 10.1. The van der Waals surface area contributed by atoms with E-state index in [4.69, 9.17) is 0 Å². The number of aromatic amines is 1. The molecule has 2 N–H and O–H groups in total. The maximum atomic E-state index is 4.43. The lowest BCUT2D eigenvalue weighted by molar-refractivity contribution is 0.395. The van der Waals surface area contributed by atoms with Gasteiger partial charge < -0.3 is 10.3 Å². The molecular formula is C10H15N5. The van der Waals surface area contributed by atoms with Crippen LogP contribution >= 0.6 is 0 Å². The van der Waals surface area contributed by atoms with Crippen molar-refractivity contribution in [3.8, 4) is 0 Å². The van der Waals surface area contributed by atoms with Gasteiger partial charge in [0.25, 0.3) is 0 Å². The van der Waals surface area contributed by atoms with E-state index in [2.05, 4.69) is 46.0 Å². The Bertz CT molecular complexity index is 427. The van der Waals surface area contributed by atoms with E-state index in [-0.39, 0.29) is 5.54 Å². The molecule has 0 amide bonds. The minimum atomic E-state index is -0.171. The third kappa shape index (κ3) is 1.83. The van der Waals surface area contributed by atoms with Crippen LogP contribution in [0.3, 0.4) is 0 Å². The van der Waals surface area contributed by atoms with Crippen LogP contribution in [0.1, 0.15) is 26.6 Å². The summed E-state index contributed by atoms with van der Waals surface area (Å²) in [6, 6.07) is 0. The highest BCUT2D eigenvalue weighted by molar-refractivity contribution is 5.68. The molecule has 0 spiro atoms. The van der Waals surface area contributed by atoms with Crippen molar-refractivity contribution >= 4 is 11.2 Å². The molecule has 0 aliphatic carbocycles. The Morgan fingerprint density at radius 1 is 1.47 bits per heavy atom. The average molecular weight is 205 g/mol. The smallest absolute Gasteiger partial charge is 0.180 e. The predicted molar refractivity (Wildman–Crippen MR) is 58.4 cm³/mol. The molecule has 5 heteroatoms. The molecule has 15 heavy (non-hydrogen) atoms. The fraction of sp³-hybridized carbons (Fsp3) is 0.500. The first-order valence-electron chi connectivity index (χ1n) is 5.04. The number of nitrogens with zero attached hydrogens (tertiary/aromatic N) is 3. The van der Waals surface area contributed by atoms with Crippen LogP contribution in [-0.4, -0.2) is 26.5 Å². The minimum Gasteiger partial charge on any atom is -0.338 e. The van der Waals surface area contributed by atoms with Gasteiger partial charge in [-0.2, -0.15) is 0 Å². The summed E-state index contributed by atoms with van der Waals surface area (Å²) in [7, 11) is 0. The number of fused-ring (bicyclic) bond motifs is 1. The van der Waals surface area contributed by atoms with E-state index in [0.717, 1.165) is 17.9 Å². The zero-order chi connectivity index (χ0) is 10.9. The van der Waals surface area contributed by atoms with E-state index in [1.807, 2.05) is 0 Å². The second-order valence-corrected chi connectivity index (χ2v) is 4.00. The standard InChI is InChI=1S/C10H15N5/c1-4-13-10(2,3)9-14-7-5-11-6-12-8(7)15-9/h5-6,13H,4H2,1-3H3,(H,11,12,14,15). The molecule has 2 rings (SSSR count). The van der Waals surface area contributed by atoms with Gasteiger partial charge in [0, 0.05) is 0 Å². The molecule has 0 fully saturated rings. The fourth-order valence-electron chi connectivity index (χ4n) is 1.58. The van der Waals surface area contributed by atoms with Gasteiger partial charge in [-0.3, -0.25) is 0 Å². The van der Waals surface area contributed by atoms with Gasteiger partial charge in [0.05, 0.1) is 11.7 Å². The Morgan fingerprint density at radius 3 is 2.93 bits per heavy atom. The molecule has 80 valence electrons. The Morgan fingerprint density at radius 2 is 2.27 bits per heavy atom. The normalized spacial score (nSPS) is 12.2. The zero-order valence-corrected chi connectivity index (χ0v) is 9.20. The molecule has 0 aromatic carbocycles. The first-order chi connectivity index (χ1) is 7.13. The van der Waals surface area contributed by atoms with Gasteiger partial charge in [-0.05, 0) is 20.4 Å². The number of nitrogens with one attached hydrogen (secondary N) is 2. The molecule has 0 unspecified atom stereocenters. The molecule has 0 bridgehead atoms. The van der Waals surface area contributed by atoms with Gasteiger partial charge in [-0.15, -0.1) is 0 Å². The van der Waals surface area contributed by atoms with Crippen molar-refractivity contribution in [1.82, 2.24) is 25.3 Å². The molecule has 0 atom stereocenters. The summed E-state index contributed by atoms with van der Waals surface area (Å²) in [5, 5.41) is 3.36. The molecule has 0 saturated heterocycles. The third-order valence-corrected chi connectivity index (χ3v) is 2.37. The third-order valence-electron chi connectivity index (χ3n) is 2.37. The van der Waals surface area contributed by atoms with E-state index < -0.39 is 0 Å². The van der Waals surface area contributed by atoms with Crippen LogP contribution in [0.15, 0.2) is 12.5 Å². The van der Waals surface area contributed by atoms with Gasteiger partial charge >= 0.3 is 0 Å². The van der Waals surface area contributed by atoms with Crippen LogP contribution in [0.25, 0.3) is 11.2 Å². The number of rotatable bonds is 3. The van der Waals surface area contributed by atoms with Gasteiger partial charge in [-0.25, -0.2) is 15.0 Å². The zero-order valence-electron chi connectivity index (χ0n) is 9.20. The number of hydrogen-bond acceptors (Lipinski definition) is 4. The number of aromatic nitrogens is 4. The van der Waals surface area contributed by atoms with Crippen LogP contribution in [0, 0.1) is 0 Å². The van der Waals surface area contributed by atoms with Crippen LogP contribution in [0.5, 0.6) is 0 Å². The highest BCUT2D eigenvalue weighted by Crippen LogP contribution is 2.18. The molecule has 0 saturated carbocycles. The van der Waals surface area contributed by atoms with Gasteiger partial charge in [0.15, 0.2) is 5.65 Å². The molecule has 2 aromatic rings. The maximum Gasteiger partial charge on any atom is 0.180 e. The van der Waals surface area contributed by atoms with Crippen LogP contribution in [-0.2, 0) is 5.54 Å². The Kier molecular flexibility index (Phi) is 2.40. The number of imidazole rings is 1. The van der Waals surface area contributed by atoms with Crippen molar-refractivity contribution in [2.45, 2.75) is 26.3 Å². The second kappa shape index (κ2) is 3.58. The van der Waals surface area contributed by atoms with Crippen LogP contribution < -0.4 is 5.32 Å². The predicted octanol–water partition coefficient (Wildman–Crippen LogP) is 1.20. The lowest BCUT2D eigenvalue weighted by Crippen LogP contribution is -2.37. The molecule has 0 aliphatic heterocycles. The van der Waals surface area contributed by atoms with Crippen molar-refractivity contribution in [3.05, 3.63) is 18.3 Å². The number of hydrogen-bond donors (Lipinski definition) is 2. The van der Waals surface area contributed by atoms with Gasteiger partial charge in [0.2, 0.25) is 0 Å². The summed E-state index contributed by atoms with van der Waals surface area (Å²) in [4.78, 5) is 15.7. The molecule has 0 radical (unpaired) electrons. The second-order valence-electron chi connectivity index (χ2n) is 4.00. The van der Waals surface area contributed by atoms with Crippen molar-refractivity contribution < 1.29 is 0 Å². The molecular weight excluding hydrogens is 190 g/mol. The van der Waals surface area contributed by atoms with Crippen molar-refractivity contribution in [1.29, 1.82) is 0 Å². The van der Waals surface area contributed by atoms with Crippen LogP contribution in [0.4, 0.5) is 0 Å². The quantitative estimate of drug-likeness (QED) is 0.790. The topological polar surface area (TPSA) is 66.5 Å². The summed E-state index contributed by atoms with van der Waals surface area (Å²) in [5.41, 5.74) is 1.42. The Hall–Kier alpha value is -1.49. The largest absolute Gasteiger partial charge is 0.338 e. The Balaban J connectivity index is 2.44. The van der Waals surface area contributed by atoms with E-state index in [1.54, 1.807) is 6.20 Å². The molecule has 5 nitrogen and oxygen atoms in total. The fourth-order valence-corrected chi connectivity index (χ4v) is 1.58. The first kappa shape index (κ1) is 10.0. The van der Waals surface area contributed by atoms with Crippen molar-refractivity contribution in [3.63, 3.8) is 0 Å². The summed E-state index contributed by atoms with van der Waals surface area (Å²) in [6.45, 7) is 7.14. The van der Waals surface area contributed by atoms with Crippen molar-refractivity contribution in [2.24, 2.45) is 0 Å². The minimum absolute atomic E-state index is 0.171. The lowest BCUT2D eigenvalue weighted by Gasteiger charge is -2.22. The van der Waals surface area contributed by atoms with E-state index in [0.29, 0.717) is 5.65 Å². The SMILES string of the molecule is CCNC(C)(C)c1nc2ncncc2[nH]1. The number of H-pyrrole nitrogens is 1. The summed E-state index contributed by atoms with van der Waals surface area (Å²) >= 11 is 0. The van der Waals surface area contributed by atoms with Crippen LogP contribution in [0.2, 0.25) is 0 Å². The van der Waals surface area contributed by atoms with Gasteiger partial charge in [-0.1, -0.05) is 6.92 Å². The van der Waals surface area contributed by atoms with E-state index in [1.165, 1.54) is 6.33 Å². The van der Waals surface area contributed by atoms with E-state index >= 15 is 0 Å². The highest BCUT2D eigenvalue weighted by atomic mass is 15.1. The summed E-state index contributed by atoms with van der Waals surface area (Å²) in [6.07, 6.45) is 3.24.